The first-order chi connectivity index (χ1) is 7.94. The Bertz CT molecular complexity index is 386. The van der Waals surface area contributed by atoms with Crippen molar-refractivity contribution in [2.24, 2.45) is 5.41 Å². The average molecular weight is 234 g/mol. The molecule has 1 rings (SSSR count). The molecule has 0 fully saturated rings. The lowest BCUT2D eigenvalue weighted by Crippen LogP contribution is -2.34. The number of para-hydroxylation sites is 1. The predicted molar refractivity (Wildman–Crippen MR) is 71.6 cm³/mol. The maximum absolute atomic E-state index is 11.8. The van der Waals surface area contributed by atoms with E-state index in [4.69, 9.17) is 5.73 Å². The number of amides is 1. The molecule has 0 aliphatic rings. The van der Waals surface area contributed by atoms with Crippen molar-refractivity contribution in [3.8, 4) is 0 Å². The maximum atomic E-state index is 11.8. The average Bonchev–Trinajstić information content (AvgIpc) is 2.30. The third kappa shape index (κ3) is 4.47. The molecule has 0 spiro atoms. The summed E-state index contributed by atoms with van der Waals surface area (Å²) in [5.41, 5.74) is 7.51. The van der Waals surface area contributed by atoms with Crippen LogP contribution in [0.5, 0.6) is 0 Å². The first-order valence-electron chi connectivity index (χ1n) is 6.05. The van der Waals surface area contributed by atoms with Gasteiger partial charge >= 0.3 is 0 Å². The number of hydrogen-bond donors (Lipinski definition) is 2. The summed E-state index contributed by atoms with van der Waals surface area (Å²) in [6.45, 7) is 7.12. The van der Waals surface area contributed by atoms with Gasteiger partial charge in [0.1, 0.15) is 0 Å². The van der Waals surface area contributed by atoms with Gasteiger partial charge < -0.3 is 11.1 Å². The summed E-state index contributed by atoms with van der Waals surface area (Å²) in [5, 5.41) is 2.96. The second-order valence-electron chi connectivity index (χ2n) is 5.17. The minimum atomic E-state index is 0.0319. The fourth-order valence-corrected chi connectivity index (χ4v) is 1.39. The van der Waals surface area contributed by atoms with Crippen LogP contribution in [0, 0.1) is 5.41 Å². The van der Waals surface area contributed by atoms with E-state index in [0.29, 0.717) is 18.7 Å². The summed E-state index contributed by atoms with van der Waals surface area (Å²) in [4.78, 5) is 11.8. The summed E-state index contributed by atoms with van der Waals surface area (Å²) in [6.07, 6.45) is 1.40. The van der Waals surface area contributed by atoms with Crippen LogP contribution in [0.3, 0.4) is 0 Å². The van der Waals surface area contributed by atoms with E-state index in [0.717, 1.165) is 12.0 Å². The molecule has 3 heteroatoms. The number of carbonyl (C=O) groups is 1. The molecule has 3 nitrogen and oxygen atoms in total. The van der Waals surface area contributed by atoms with Crippen LogP contribution in [0.1, 0.15) is 32.8 Å². The number of rotatable bonds is 5. The van der Waals surface area contributed by atoms with E-state index in [1.807, 2.05) is 24.3 Å². The van der Waals surface area contributed by atoms with Gasteiger partial charge in [-0.2, -0.15) is 0 Å². The molecule has 0 aromatic heterocycles. The molecular formula is C14H22N2O. The highest BCUT2D eigenvalue weighted by Gasteiger charge is 2.16. The maximum Gasteiger partial charge on any atom is 0.224 e. The van der Waals surface area contributed by atoms with Crippen molar-refractivity contribution in [2.45, 2.75) is 33.6 Å². The van der Waals surface area contributed by atoms with Crippen LogP contribution < -0.4 is 11.1 Å². The van der Waals surface area contributed by atoms with Gasteiger partial charge in [0.15, 0.2) is 0 Å². The van der Waals surface area contributed by atoms with E-state index in [1.165, 1.54) is 0 Å². The lowest BCUT2D eigenvalue weighted by atomic mass is 9.90. The highest BCUT2D eigenvalue weighted by atomic mass is 16.1. The van der Waals surface area contributed by atoms with Gasteiger partial charge in [-0.15, -0.1) is 0 Å². The summed E-state index contributed by atoms with van der Waals surface area (Å²) < 4.78 is 0. The van der Waals surface area contributed by atoms with Crippen LogP contribution in [-0.4, -0.2) is 12.5 Å². The highest BCUT2D eigenvalue weighted by Crippen LogP contribution is 2.18. The van der Waals surface area contributed by atoms with E-state index in [-0.39, 0.29) is 11.3 Å². The largest absolute Gasteiger partial charge is 0.398 e. The topological polar surface area (TPSA) is 55.1 Å². The lowest BCUT2D eigenvalue weighted by molar-refractivity contribution is -0.120. The van der Waals surface area contributed by atoms with Gasteiger partial charge in [0.2, 0.25) is 5.91 Å². The molecule has 0 saturated heterocycles. The fourth-order valence-electron chi connectivity index (χ4n) is 1.39. The van der Waals surface area contributed by atoms with Crippen LogP contribution in [-0.2, 0) is 11.2 Å². The van der Waals surface area contributed by atoms with Crippen molar-refractivity contribution < 1.29 is 4.79 Å². The number of nitrogen functional groups attached to an aromatic ring is 1. The zero-order chi connectivity index (χ0) is 12.9. The molecular weight excluding hydrogens is 212 g/mol. The Morgan fingerprint density at radius 1 is 1.35 bits per heavy atom. The van der Waals surface area contributed by atoms with Gasteiger partial charge in [0, 0.05) is 12.2 Å². The van der Waals surface area contributed by atoms with Gasteiger partial charge in [-0.1, -0.05) is 39.0 Å². The predicted octanol–water partition coefficient (Wildman–Crippen LogP) is 2.36. The van der Waals surface area contributed by atoms with E-state index in [2.05, 4.69) is 26.1 Å². The number of nitrogens with two attached hydrogens (primary N) is 1. The van der Waals surface area contributed by atoms with Crippen LogP contribution in [0.2, 0.25) is 0 Å². The molecule has 0 heterocycles. The SMILES string of the molecule is CCC(C)(C)CNC(=O)Cc1ccccc1N. The van der Waals surface area contributed by atoms with Gasteiger partial charge in [0.05, 0.1) is 6.42 Å². The molecule has 0 aliphatic heterocycles. The molecule has 1 aromatic rings. The smallest absolute Gasteiger partial charge is 0.224 e. The molecule has 0 unspecified atom stereocenters. The zero-order valence-corrected chi connectivity index (χ0v) is 10.9. The normalized spacial score (nSPS) is 11.2. The second kappa shape index (κ2) is 5.71. The molecule has 0 saturated carbocycles. The quantitative estimate of drug-likeness (QED) is 0.768. The van der Waals surface area contributed by atoms with Crippen LogP contribution in [0.25, 0.3) is 0 Å². The van der Waals surface area contributed by atoms with Crippen molar-refractivity contribution in [1.82, 2.24) is 5.32 Å². The number of benzene rings is 1. The molecule has 94 valence electrons. The number of nitrogens with one attached hydrogen (secondary N) is 1. The second-order valence-corrected chi connectivity index (χ2v) is 5.17. The third-order valence-corrected chi connectivity index (χ3v) is 3.13. The Morgan fingerprint density at radius 2 is 2.00 bits per heavy atom. The molecule has 3 N–H and O–H groups in total. The molecule has 0 bridgehead atoms. The first kappa shape index (κ1) is 13.6. The Kier molecular flexibility index (Phi) is 4.55. The number of anilines is 1. The summed E-state index contributed by atoms with van der Waals surface area (Å²) in [5.74, 6) is 0.0319. The van der Waals surface area contributed by atoms with Crippen molar-refractivity contribution >= 4 is 11.6 Å². The van der Waals surface area contributed by atoms with Crippen molar-refractivity contribution in [2.75, 3.05) is 12.3 Å². The van der Waals surface area contributed by atoms with E-state index in [9.17, 15) is 4.79 Å². The zero-order valence-electron chi connectivity index (χ0n) is 10.9. The molecule has 0 atom stereocenters. The summed E-state index contributed by atoms with van der Waals surface area (Å²) >= 11 is 0. The van der Waals surface area contributed by atoms with Gasteiger partial charge in [-0.25, -0.2) is 0 Å². The monoisotopic (exact) mass is 234 g/mol. The number of hydrogen-bond acceptors (Lipinski definition) is 2. The molecule has 1 amide bonds. The molecule has 17 heavy (non-hydrogen) atoms. The standard InChI is InChI=1S/C14H22N2O/c1-4-14(2,3)10-16-13(17)9-11-7-5-6-8-12(11)15/h5-8H,4,9-10,15H2,1-3H3,(H,16,17). The lowest BCUT2D eigenvalue weighted by Gasteiger charge is -2.22. The van der Waals surface area contributed by atoms with E-state index >= 15 is 0 Å². The van der Waals surface area contributed by atoms with Crippen molar-refractivity contribution in [3.05, 3.63) is 29.8 Å². The van der Waals surface area contributed by atoms with Crippen LogP contribution >= 0.6 is 0 Å². The van der Waals surface area contributed by atoms with E-state index in [1.54, 1.807) is 0 Å². The highest BCUT2D eigenvalue weighted by molar-refractivity contribution is 5.80. The first-order valence-corrected chi connectivity index (χ1v) is 6.05. The Balaban J connectivity index is 2.48. The minimum Gasteiger partial charge on any atom is -0.398 e. The Hall–Kier alpha value is -1.51. The van der Waals surface area contributed by atoms with Gasteiger partial charge in [-0.3, -0.25) is 4.79 Å². The number of carbonyl (C=O) groups excluding carboxylic acids is 1. The fraction of sp³-hybridized carbons (Fsp3) is 0.500. The van der Waals surface area contributed by atoms with Gasteiger partial charge in [-0.05, 0) is 23.5 Å². The molecule has 0 aliphatic carbocycles. The summed E-state index contributed by atoms with van der Waals surface area (Å²) in [6, 6.07) is 7.48. The van der Waals surface area contributed by atoms with Crippen LogP contribution in [0.15, 0.2) is 24.3 Å². The van der Waals surface area contributed by atoms with Crippen molar-refractivity contribution in [1.29, 1.82) is 0 Å². The Morgan fingerprint density at radius 3 is 2.59 bits per heavy atom. The van der Waals surface area contributed by atoms with Gasteiger partial charge in [0.25, 0.3) is 0 Å². The van der Waals surface area contributed by atoms with Crippen LogP contribution in [0.4, 0.5) is 5.69 Å². The minimum absolute atomic E-state index is 0.0319. The van der Waals surface area contributed by atoms with Crippen molar-refractivity contribution in [3.63, 3.8) is 0 Å². The molecule has 1 aromatic carbocycles. The summed E-state index contributed by atoms with van der Waals surface area (Å²) in [7, 11) is 0. The van der Waals surface area contributed by atoms with E-state index < -0.39 is 0 Å². The molecule has 0 radical (unpaired) electrons. The third-order valence-electron chi connectivity index (χ3n) is 3.13. The Labute approximate surface area is 103 Å².